The highest BCUT2D eigenvalue weighted by molar-refractivity contribution is 5.83. The zero-order valence-electron chi connectivity index (χ0n) is 16.9. The van der Waals surface area contributed by atoms with E-state index in [1.165, 1.54) is 19.1 Å². The van der Waals surface area contributed by atoms with Gasteiger partial charge in [-0.05, 0) is 44.8 Å². The summed E-state index contributed by atoms with van der Waals surface area (Å²) >= 11 is 0. The van der Waals surface area contributed by atoms with Crippen molar-refractivity contribution in [2.24, 2.45) is 0 Å². The molecule has 10 heteroatoms. The normalized spacial score (nSPS) is 16.1. The van der Waals surface area contributed by atoms with Crippen LogP contribution in [0.4, 0.5) is 23.5 Å². The molecule has 0 radical (unpaired) electrons. The lowest BCUT2D eigenvalue weighted by atomic mass is 10.0. The van der Waals surface area contributed by atoms with Crippen molar-refractivity contribution >= 4 is 11.9 Å². The van der Waals surface area contributed by atoms with Crippen LogP contribution in [0.25, 0.3) is 0 Å². The molecule has 0 spiro atoms. The average molecular weight is 425 g/mol. The van der Waals surface area contributed by atoms with Crippen LogP contribution < -0.4 is 4.90 Å². The minimum atomic E-state index is -4.55. The van der Waals surface area contributed by atoms with E-state index in [2.05, 4.69) is 9.97 Å². The van der Waals surface area contributed by atoms with E-state index in [0.29, 0.717) is 31.7 Å². The number of benzene rings is 1. The zero-order chi connectivity index (χ0) is 22.1. The maximum atomic E-state index is 13.6. The lowest BCUT2D eigenvalue weighted by Gasteiger charge is -2.38. The summed E-state index contributed by atoms with van der Waals surface area (Å²) in [6, 6.07) is 6.15. The van der Waals surface area contributed by atoms with Gasteiger partial charge in [-0.2, -0.15) is 13.2 Å². The van der Waals surface area contributed by atoms with Gasteiger partial charge in [0, 0.05) is 31.9 Å². The monoisotopic (exact) mass is 425 g/mol. The van der Waals surface area contributed by atoms with E-state index in [0.717, 1.165) is 6.07 Å². The summed E-state index contributed by atoms with van der Waals surface area (Å²) in [5, 5.41) is 0. The van der Waals surface area contributed by atoms with Gasteiger partial charge in [-0.1, -0.05) is 12.1 Å². The molecule has 1 aliphatic heterocycles. The molecule has 30 heavy (non-hydrogen) atoms. The van der Waals surface area contributed by atoms with Crippen LogP contribution in [0.1, 0.15) is 23.0 Å². The first-order valence-electron chi connectivity index (χ1n) is 9.45. The van der Waals surface area contributed by atoms with E-state index in [1.807, 2.05) is 0 Å². The molecule has 0 bridgehead atoms. The van der Waals surface area contributed by atoms with Crippen molar-refractivity contribution in [3.8, 4) is 0 Å². The second-order valence-electron chi connectivity index (χ2n) is 7.43. The second kappa shape index (κ2) is 8.55. The molecule has 6 nitrogen and oxygen atoms in total. The Bertz CT molecular complexity index is 910. The van der Waals surface area contributed by atoms with Crippen LogP contribution in [0.3, 0.4) is 0 Å². The summed E-state index contributed by atoms with van der Waals surface area (Å²) < 4.78 is 52.8. The van der Waals surface area contributed by atoms with Crippen molar-refractivity contribution in [1.82, 2.24) is 19.8 Å². The van der Waals surface area contributed by atoms with Crippen LogP contribution in [-0.2, 0) is 11.0 Å². The Balaban J connectivity index is 1.73. The highest BCUT2D eigenvalue weighted by Gasteiger charge is 2.35. The predicted molar refractivity (Wildman–Crippen MR) is 103 cm³/mol. The summed E-state index contributed by atoms with van der Waals surface area (Å²) in [5.74, 6) is -0.607. The molecular weight excluding hydrogens is 402 g/mol. The highest BCUT2D eigenvalue weighted by Crippen LogP contribution is 2.29. The maximum Gasteiger partial charge on any atom is 0.433 e. The summed E-state index contributed by atoms with van der Waals surface area (Å²) in [4.78, 5) is 25.9. The van der Waals surface area contributed by atoms with E-state index >= 15 is 0 Å². The van der Waals surface area contributed by atoms with E-state index in [-0.39, 0.29) is 17.5 Å². The van der Waals surface area contributed by atoms with Crippen LogP contribution in [0.15, 0.2) is 30.3 Å². The van der Waals surface area contributed by atoms with Gasteiger partial charge in [-0.15, -0.1) is 0 Å². The Morgan fingerprint density at radius 3 is 2.33 bits per heavy atom. The molecule has 1 atom stereocenters. The van der Waals surface area contributed by atoms with Crippen molar-refractivity contribution < 1.29 is 22.4 Å². The average Bonchev–Trinajstić information content (AvgIpc) is 2.67. The van der Waals surface area contributed by atoms with Gasteiger partial charge in [0.1, 0.15) is 17.6 Å². The molecule has 1 saturated heterocycles. The van der Waals surface area contributed by atoms with Crippen LogP contribution in [0.2, 0.25) is 0 Å². The summed E-state index contributed by atoms with van der Waals surface area (Å²) in [7, 11) is 3.48. The lowest BCUT2D eigenvalue weighted by molar-refractivity contribution is -0.141. The number of anilines is 1. The number of likely N-dealkylation sites (N-methyl/N-ethyl adjacent to an activating group) is 1. The van der Waals surface area contributed by atoms with Gasteiger partial charge in [0.2, 0.25) is 11.9 Å². The van der Waals surface area contributed by atoms with Crippen molar-refractivity contribution in [1.29, 1.82) is 0 Å². The molecule has 1 unspecified atom stereocenters. The molecule has 162 valence electrons. The summed E-state index contributed by atoms with van der Waals surface area (Å²) in [5.41, 5.74) is -0.212. The van der Waals surface area contributed by atoms with Gasteiger partial charge in [-0.3, -0.25) is 9.69 Å². The van der Waals surface area contributed by atoms with Gasteiger partial charge in [-0.25, -0.2) is 14.4 Å². The minimum Gasteiger partial charge on any atom is -0.337 e. The maximum absolute atomic E-state index is 13.6. The Labute approximate surface area is 172 Å². The van der Waals surface area contributed by atoms with Gasteiger partial charge in [0.15, 0.2) is 0 Å². The number of amides is 1. The second-order valence-corrected chi connectivity index (χ2v) is 7.43. The number of aromatic nitrogens is 2. The third-order valence-electron chi connectivity index (χ3n) is 4.92. The van der Waals surface area contributed by atoms with Gasteiger partial charge < -0.3 is 9.80 Å². The van der Waals surface area contributed by atoms with E-state index in [4.69, 9.17) is 0 Å². The first-order chi connectivity index (χ1) is 14.1. The molecule has 1 aliphatic rings. The molecular formula is C20H23F4N5O. The predicted octanol–water partition coefficient (Wildman–Crippen LogP) is 2.89. The third kappa shape index (κ3) is 4.86. The highest BCUT2D eigenvalue weighted by atomic mass is 19.4. The summed E-state index contributed by atoms with van der Waals surface area (Å²) in [6.45, 7) is 2.70. The number of alkyl halides is 3. The van der Waals surface area contributed by atoms with Crippen molar-refractivity contribution in [2.75, 3.05) is 45.2 Å². The molecule has 1 aromatic carbocycles. The number of hydrogen-bond acceptors (Lipinski definition) is 5. The fraction of sp³-hybridized carbons (Fsp3) is 0.450. The number of rotatable bonds is 4. The van der Waals surface area contributed by atoms with Crippen molar-refractivity contribution in [2.45, 2.75) is 19.1 Å². The Hall–Kier alpha value is -2.75. The smallest absolute Gasteiger partial charge is 0.337 e. The number of aryl methyl sites for hydroxylation is 1. The summed E-state index contributed by atoms with van der Waals surface area (Å²) in [6.07, 6.45) is -4.55. The topological polar surface area (TPSA) is 52.6 Å². The van der Waals surface area contributed by atoms with Gasteiger partial charge in [0.05, 0.1) is 0 Å². The molecule has 2 aromatic rings. The number of carbonyl (C=O) groups is 1. The molecule has 0 saturated carbocycles. The fourth-order valence-electron chi connectivity index (χ4n) is 3.48. The lowest BCUT2D eigenvalue weighted by Crippen LogP contribution is -2.52. The quantitative estimate of drug-likeness (QED) is 0.706. The van der Waals surface area contributed by atoms with Crippen LogP contribution in [-0.4, -0.2) is 65.9 Å². The van der Waals surface area contributed by atoms with Gasteiger partial charge in [0.25, 0.3) is 0 Å². The van der Waals surface area contributed by atoms with Crippen LogP contribution >= 0.6 is 0 Å². The van der Waals surface area contributed by atoms with Crippen molar-refractivity contribution in [3.63, 3.8) is 0 Å². The van der Waals surface area contributed by atoms with Gasteiger partial charge >= 0.3 is 6.18 Å². The van der Waals surface area contributed by atoms with Crippen molar-refractivity contribution in [3.05, 3.63) is 53.1 Å². The van der Waals surface area contributed by atoms with Crippen LogP contribution in [0, 0.1) is 12.7 Å². The SMILES string of the molecule is Cc1cc(C(F)(F)F)nc(N2CCN(C(=O)C(c3cccc(F)c3)N(C)C)CC2)n1. The number of nitrogens with zero attached hydrogens (tertiary/aromatic N) is 5. The van der Waals surface area contributed by atoms with Crippen LogP contribution in [0.5, 0.6) is 0 Å². The standard InChI is InChI=1S/C20H23F4N5O/c1-13-11-16(20(22,23)24)26-19(25-13)29-9-7-28(8-10-29)18(30)17(27(2)3)14-5-4-6-15(21)12-14/h4-6,11-12,17H,7-10H2,1-3H3. The Morgan fingerprint density at radius 1 is 1.10 bits per heavy atom. The molecule has 0 aliphatic carbocycles. The number of carbonyl (C=O) groups excluding carboxylic acids is 1. The molecule has 1 aromatic heterocycles. The minimum absolute atomic E-state index is 0.00344. The molecule has 0 N–H and O–H groups in total. The molecule has 1 amide bonds. The Kier molecular flexibility index (Phi) is 6.25. The van der Waals surface area contributed by atoms with E-state index < -0.39 is 23.7 Å². The first kappa shape index (κ1) is 21.9. The number of halogens is 4. The fourth-order valence-corrected chi connectivity index (χ4v) is 3.48. The largest absolute Gasteiger partial charge is 0.433 e. The molecule has 1 fully saturated rings. The number of hydrogen-bond donors (Lipinski definition) is 0. The van der Waals surface area contributed by atoms with E-state index in [1.54, 1.807) is 40.9 Å². The van der Waals surface area contributed by atoms with E-state index in [9.17, 15) is 22.4 Å². The zero-order valence-corrected chi connectivity index (χ0v) is 16.9. The first-order valence-corrected chi connectivity index (χ1v) is 9.45. The molecule has 3 rings (SSSR count). The Morgan fingerprint density at radius 2 is 1.77 bits per heavy atom. The number of piperazine rings is 1. The molecule has 2 heterocycles. The third-order valence-corrected chi connectivity index (χ3v) is 4.92.